The Morgan fingerprint density at radius 3 is 2.82 bits per heavy atom. The average Bonchev–Trinajstić information content (AvgIpc) is 2.98. The van der Waals surface area contributed by atoms with Crippen molar-refractivity contribution < 1.29 is 5.11 Å². The van der Waals surface area contributed by atoms with Gasteiger partial charge in [-0.3, -0.25) is 0 Å². The fourth-order valence-electron chi connectivity index (χ4n) is 2.44. The highest BCUT2D eigenvalue weighted by molar-refractivity contribution is 7.98. The predicted molar refractivity (Wildman–Crippen MR) is 90.3 cm³/mol. The van der Waals surface area contributed by atoms with E-state index in [9.17, 15) is 5.11 Å². The molecule has 3 N–H and O–H groups in total. The Hall–Kier alpha value is -2.05. The van der Waals surface area contributed by atoms with Gasteiger partial charge in [-0.15, -0.1) is 22.0 Å². The molecule has 0 amide bonds. The zero-order valence-electron chi connectivity index (χ0n) is 12.3. The molecule has 0 bridgehead atoms. The maximum Gasteiger partial charge on any atom is 0.149 e. The quantitative estimate of drug-likeness (QED) is 0.610. The molecule has 0 fully saturated rings. The van der Waals surface area contributed by atoms with Gasteiger partial charge in [0.25, 0.3) is 0 Å². The number of hydrogen-bond acceptors (Lipinski definition) is 5. The molecule has 114 valence electrons. The van der Waals surface area contributed by atoms with Crippen LogP contribution in [0.5, 0.6) is 0 Å². The van der Waals surface area contributed by atoms with Gasteiger partial charge >= 0.3 is 0 Å². The van der Waals surface area contributed by atoms with E-state index in [-0.39, 0.29) is 12.6 Å². The summed E-state index contributed by atoms with van der Waals surface area (Å²) in [7, 11) is 0. The lowest BCUT2D eigenvalue weighted by atomic mass is 10.1. The number of aromatic nitrogens is 3. The first-order valence-corrected chi connectivity index (χ1v) is 8.32. The molecule has 5 nitrogen and oxygen atoms in total. The fourth-order valence-corrected chi connectivity index (χ4v) is 2.77. The van der Waals surface area contributed by atoms with E-state index in [0.717, 1.165) is 10.5 Å². The Kier molecular flexibility index (Phi) is 4.60. The molecule has 22 heavy (non-hydrogen) atoms. The zero-order valence-corrected chi connectivity index (χ0v) is 13.1. The third-order valence-electron chi connectivity index (χ3n) is 3.56. The SMILES string of the molecule is CSc1ccc(N[C@H](CO)Cc2c[nH]c3ccccc23)nn1. The molecule has 3 rings (SSSR count). The summed E-state index contributed by atoms with van der Waals surface area (Å²) in [6.45, 7) is 0.0332. The second kappa shape index (κ2) is 6.81. The lowest BCUT2D eigenvalue weighted by Gasteiger charge is -2.16. The standard InChI is InChI=1S/C16H18N4OS/c1-22-16-7-6-15(19-20-16)18-12(10-21)8-11-9-17-14-5-3-2-4-13(11)14/h2-7,9,12,17,21H,8,10H2,1H3,(H,18,19)/t12-/m0/s1. The van der Waals surface area contributed by atoms with Crippen LogP contribution in [-0.2, 0) is 6.42 Å². The minimum Gasteiger partial charge on any atom is -0.394 e. The summed E-state index contributed by atoms with van der Waals surface area (Å²) in [4.78, 5) is 3.26. The number of H-pyrrole nitrogens is 1. The second-order valence-corrected chi connectivity index (χ2v) is 5.87. The number of aliphatic hydroxyl groups is 1. The largest absolute Gasteiger partial charge is 0.394 e. The number of thioether (sulfide) groups is 1. The van der Waals surface area contributed by atoms with E-state index in [2.05, 4.69) is 26.6 Å². The van der Waals surface area contributed by atoms with Crippen LogP contribution in [0.15, 0.2) is 47.6 Å². The van der Waals surface area contributed by atoms with Crippen LogP contribution < -0.4 is 5.32 Å². The van der Waals surface area contributed by atoms with E-state index in [4.69, 9.17) is 0 Å². The van der Waals surface area contributed by atoms with Crippen molar-refractivity contribution >= 4 is 28.5 Å². The zero-order chi connectivity index (χ0) is 15.4. The molecule has 2 heterocycles. The van der Waals surface area contributed by atoms with Gasteiger partial charge in [0.1, 0.15) is 10.8 Å². The molecule has 6 heteroatoms. The monoisotopic (exact) mass is 314 g/mol. The Bertz CT molecular complexity index is 741. The van der Waals surface area contributed by atoms with Gasteiger partial charge in [-0.25, -0.2) is 0 Å². The van der Waals surface area contributed by atoms with E-state index < -0.39 is 0 Å². The highest BCUT2D eigenvalue weighted by atomic mass is 32.2. The van der Waals surface area contributed by atoms with E-state index in [0.29, 0.717) is 12.2 Å². The van der Waals surface area contributed by atoms with Crippen LogP contribution >= 0.6 is 11.8 Å². The van der Waals surface area contributed by atoms with E-state index in [1.807, 2.05) is 42.8 Å². The Labute approximate surface area is 133 Å². The topological polar surface area (TPSA) is 73.8 Å². The second-order valence-electron chi connectivity index (χ2n) is 5.05. The smallest absolute Gasteiger partial charge is 0.149 e. The number of rotatable bonds is 6. The third-order valence-corrected chi connectivity index (χ3v) is 4.20. The molecule has 0 unspecified atom stereocenters. The molecule has 0 spiro atoms. The molecule has 3 aromatic rings. The Morgan fingerprint density at radius 2 is 2.09 bits per heavy atom. The van der Waals surface area contributed by atoms with Crippen molar-refractivity contribution in [3.63, 3.8) is 0 Å². The van der Waals surface area contributed by atoms with Gasteiger partial charge in [-0.05, 0) is 36.4 Å². The lowest BCUT2D eigenvalue weighted by molar-refractivity contribution is 0.273. The highest BCUT2D eigenvalue weighted by Crippen LogP contribution is 2.20. The molecule has 0 aliphatic heterocycles. The lowest BCUT2D eigenvalue weighted by Crippen LogP contribution is -2.26. The van der Waals surface area contributed by atoms with Gasteiger partial charge in [0.15, 0.2) is 0 Å². The van der Waals surface area contributed by atoms with Crippen LogP contribution in [0.2, 0.25) is 0 Å². The van der Waals surface area contributed by atoms with Crippen molar-refractivity contribution in [3.8, 4) is 0 Å². The Morgan fingerprint density at radius 1 is 1.23 bits per heavy atom. The number of aliphatic hydroxyl groups excluding tert-OH is 1. The van der Waals surface area contributed by atoms with Crippen molar-refractivity contribution in [2.24, 2.45) is 0 Å². The normalized spacial score (nSPS) is 12.5. The summed E-state index contributed by atoms with van der Waals surface area (Å²) >= 11 is 1.55. The first-order valence-electron chi connectivity index (χ1n) is 7.10. The Balaban J connectivity index is 1.73. The fraction of sp³-hybridized carbons (Fsp3) is 0.250. The minimum atomic E-state index is -0.103. The van der Waals surface area contributed by atoms with E-state index >= 15 is 0 Å². The van der Waals surface area contributed by atoms with Crippen molar-refractivity contribution in [3.05, 3.63) is 48.2 Å². The summed E-state index contributed by atoms with van der Waals surface area (Å²) in [5.74, 6) is 0.677. The molecule has 0 aliphatic carbocycles. The molecule has 0 aliphatic rings. The van der Waals surface area contributed by atoms with Gasteiger partial charge in [-0.2, -0.15) is 0 Å². The van der Waals surface area contributed by atoms with Gasteiger partial charge in [0.05, 0.1) is 12.6 Å². The van der Waals surface area contributed by atoms with Crippen molar-refractivity contribution in [1.29, 1.82) is 0 Å². The number of anilines is 1. The summed E-state index contributed by atoms with van der Waals surface area (Å²) in [5, 5.41) is 23.2. The molecule has 0 radical (unpaired) electrons. The van der Waals surface area contributed by atoms with Crippen LogP contribution in [0, 0.1) is 0 Å². The number of para-hydroxylation sites is 1. The summed E-state index contributed by atoms with van der Waals surface area (Å²) < 4.78 is 0. The molecule has 2 aromatic heterocycles. The molecule has 0 saturated carbocycles. The summed E-state index contributed by atoms with van der Waals surface area (Å²) in [6, 6.07) is 11.9. The summed E-state index contributed by atoms with van der Waals surface area (Å²) in [5.41, 5.74) is 2.29. The number of fused-ring (bicyclic) bond motifs is 1. The number of nitrogens with zero attached hydrogens (tertiary/aromatic N) is 2. The number of hydrogen-bond donors (Lipinski definition) is 3. The van der Waals surface area contributed by atoms with Crippen LogP contribution in [0.25, 0.3) is 10.9 Å². The third kappa shape index (κ3) is 3.23. The average molecular weight is 314 g/mol. The van der Waals surface area contributed by atoms with Crippen LogP contribution in [-0.4, -0.2) is 39.2 Å². The van der Waals surface area contributed by atoms with Gasteiger partial charge in [0, 0.05) is 17.1 Å². The number of nitrogens with one attached hydrogen (secondary N) is 2. The van der Waals surface area contributed by atoms with Gasteiger partial charge in [-0.1, -0.05) is 18.2 Å². The van der Waals surface area contributed by atoms with Crippen molar-refractivity contribution in [2.75, 3.05) is 18.2 Å². The molecule has 0 saturated heterocycles. The first kappa shape index (κ1) is 14.9. The van der Waals surface area contributed by atoms with Crippen molar-refractivity contribution in [2.45, 2.75) is 17.5 Å². The van der Waals surface area contributed by atoms with E-state index in [1.54, 1.807) is 11.8 Å². The van der Waals surface area contributed by atoms with Crippen LogP contribution in [0.4, 0.5) is 5.82 Å². The van der Waals surface area contributed by atoms with Crippen molar-refractivity contribution in [1.82, 2.24) is 15.2 Å². The minimum absolute atomic E-state index is 0.0332. The molecular weight excluding hydrogens is 296 g/mol. The number of benzene rings is 1. The maximum absolute atomic E-state index is 9.63. The molecule has 1 atom stereocenters. The number of aromatic amines is 1. The highest BCUT2D eigenvalue weighted by Gasteiger charge is 2.12. The van der Waals surface area contributed by atoms with Gasteiger partial charge in [0.2, 0.25) is 0 Å². The summed E-state index contributed by atoms with van der Waals surface area (Å²) in [6.07, 6.45) is 4.68. The first-order chi connectivity index (χ1) is 10.8. The van der Waals surface area contributed by atoms with Crippen LogP contribution in [0.1, 0.15) is 5.56 Å². The van der Waals surface area contributed by atoms with Crippen LogP contribution in [0.3, 0.4) is 0 Å². The van der Waals surface area contributed by atoms with Gasteiger partial charge < -0.3 is 15.4 Å². The predicted octanol–water partition coefficient (Wildman–Crippen LogP) is 2.70. The van der Waals surface area contributed by atoms with E-state index in [1.165, 1.54) is 10.9 Å². The maximum atomic E-state index is 9.63. The molecular formula is C16H18N4OS. The molecule has 1 aromatic carbocycles.